The van der Waals surface area contributed by atoms with E-state index in [0.29, 0.717) is 27.0 Å². The standard InChI is InChI=1S/C27H21F5N2O5S/c28-21-5-1-18(2-6-21)16-40(36,37)25-8-4-20(15-33-25)22(13-17-9-11-34(35)12-10-17)19-3-7-23(38-26(29)30)24(14-19)39-27(31)32/h1-12,14-15,22,26-27H,13,16H2. The number of halogens is 5. The summed E-state index contributed by atoms with van der Waals surface area (Å²) >= 11 is 0. The lowest BCUT2D eigenvalue weighted by molar-refractivity contribution is -0.605. The first-order valence-electron chi connectivity index (χ1n) is 11.6. The molecule has 1 atom stereocenters. The number of benzene rings is 2. The number of hydrogen-bond donors (Lipinski definition) is 0. The minimum Gasteiger partial charge on any atom is -0.619 e. The number of nitrogens with zero attached hydrogens (tertiary/aromatic N) is 2. The van der Waals surface area contributed by atoms with Crippen LogP contribution in [0, 0.1) is 11.0 Å². The molecule has 0 spiro atoms. The minimum atomic E-state index is -3.90. The van der Waals surface area contributed by atoms with Gasteiger partial charge in [-0.15, -0.1) is 0 Å². The molecular formula is C27H21F5N2O5S. The number of ether oxygens (including phenoxy) is 2. The van der Waals surface area contributed by atoms with Gasteiger partial charge in [0.1, 0.15) is 5.82 Å². The molecule has 40 heavy (non-hydrogen) atoms. The van der Waals surface area contributed by atoms with Gasteiger partial charge in [-0.2, -0.15) is 22.3 Å². The molecule has 0 N–H and O–H groups in total. The highest BCUT2D eigenvalue weighted by molar-refractivity contribution is 7.90. The molecule has 0 aliphatic heterocycles. The van der Waals surface area contributed by atoms with Crippen LogP contribution in [0.25, 0.3) is 0 Å². The molecule has 2 aromatic heterocycles. The fourth-order valence-electron chi connectivity index (χ4n) is 4.02. The van der Waals surface area contributed by atoms with Gasteiger partial charge in [0.05, 0.1) is 5.75 Å². The van der Waals surface area contributed by atoms with E-state index in [1.807, 2.05) is 0 Å². The van der Waals surface area contributed by atoms with Crippen LogP contribution in [0.1, 0.15) is 28.2 Å². The summed E-state index contributed by atoms with van der Waals surface area (Å²) in [5, 5.41) is 11.2. The van der Waals surface area contributed by atoms with Crippen LogP contribution in [-0.2, 0) is 22.0 Å². The predicted molar refractivity (Wildman–Crippen MR) is 132 cm³/mol. The summed E-state index contributed by atoms with van der Waals surface area (Å²) in [5.74, 6) is -2.78. The van der Waals surface area contributed by atoms with Crippen molar-refractivity contribution in [3.8, 4) is 11.5 Å². The van der Waals surface area contributed by atoms with E-state index in [4.69, 9.17) is 0 Å². The van der Waals surface area contributed by atoms with Crippen molar-refractivity contribution in [1.82, 2.24) is 4.98 Å². The average Bonchev–Trinajstić information content (AvgIpc) is 2.90. The van der Waals surface area contributed by atoms with Gasteiger partial charge in [0, 0.05) is 24.2 Å². The highest BCUT2D eigenvalue weighted by atomic mass is 32.2. The molecule has 4 aromatic rings. The number of pyridine rings is 2. The molecule has 0 bridgehead atoms. The summed E-state index contributed by atoms with van der Waals surface area (Å²) in [6.07, 6.45) is 4.03. The van der Waals surface area contributed by atoms with Gasteiger partial charge < -0.3 is 14.7 Å². The highest BCUT2D eigenvalue weighted by Gasteiger charge is 2.23. The maximum atomic E-state index is 13.2. The molecule has 210 valence electrons. The van der Waals surface area contributed by atoms with Crippen LogP contribution < -0.4 is 14.2 Å². The van der Waals surface area contributed by atoms with E-state index in [9.17, 15) is 35.6 Å². The van der Waals surface area contributed by atoms with Gasteiger partial charge >= 0.3 is 13.2 Å². The predicted octanol–water partition coefficient (Wildman–Crippen LogP) is 5.41. The van der Waals surface area contributed by atoms with Crippen LogP contribution in [0.15, 0.2) is 90.3 Å². The molecule has 0 aliphatic carbocycles. The van der Waals surface area contributed by atoms with Crippen LogP contribution in [0.5, 0.6) is 11.5 Å². The van der Waals surface area contributed by atoms with Crippen molar-refractivity contribution in [2.75, 3.05) is 0 Å². The molecule has 4 rings (SSSR count). The largest absolute Gasteiger partial charge is 0.619 e. The van der Waals surface area contributed by atoms with E-state index in [0.717, 1.165) is 24.3 Å². The van der Waals surface area contributed by atoms with Crippen LogP contribution in [-0.4, -0.2) is 26.6 Å². The Morgan fingerprint density at radius 3 is 2.02 bits per heavy atom. The third-order valence-corrected chi connectivity index (χ3v) is 7.46. The summed E-state index contributed by atoms with van der Waals surface area (Å²) in [6, 6.07) is 14.4. The summed E-state index contributed by atoms with van der Waals surface area (Å²) in [7, 11) is -3.90. The van der Waals surface area contributed by atoms with Crippen molar-refractivity contribution in [3.05, 3.63) is 119 Å². The second-order valence-corrected chi connectivity index (χ2v) is 10.5. The molecule has 0 saturated heterocycles. The molecule has 0 radical (unpaired) electrons. The smallest absolute Gasteiger partial charge is 0.387 e. The van der Waals surface area contributed by atoms with E-state index in [-0.39, 0.29) is 11.4 Å². The minimum absolute atomic E-state index is 0.202. The third kappa shape index (κ3) is 7.44. The zero-order valence-corrected chi connectivity index (χ0v) is 21.3. The van der Waals surface area contributed by atoms with Crippen LogP contribution in [0.2, 0.25) is 0 Å². The molecule has 13 heteroatoms. The zero-order chi connectivity index (χ0) is 28.9. The first-order chi connectivity index (χ1) is 19.0. The maximum absolute atomic E-state index is 13.2. The van der Waals surface area contributed by atoms with E-state index >= 15 is 0 Å². The molecule has 7 nitrogen and oxygen atoms in total. The Kier molecular flexibility index (Phi) is 8.83. The second kappa shape index (κ2) is 12.3. The summed E-state index contributed by atoms with van der Waals surface area (Å²) in [6.45, 7) is -6.60. The molecule has 2 aromatic carbocycles. The molecular weight excluding hydrogens is 559 g/mol. The Hall–Kier alpha value is -4.26. The quantitative estimate of drug-likeness (QED) is 0.134. The van der Waals surface area contributed by atoms with E-state index < -0.39 is 52.0 Å². The van der Waals surface area contributed by atoms with Gasteiger partial charge in [0.15, 0.2) is 38.8 Å². The Morgan fingerprint density at radius 1 is 0.800 bits per heavy atom. The van der Waals surface area contributed by atoms with Crippen molar-refractivity contribution in [2.45, 2.75) is 36.3 Å². The van der Waals surface area contributed by atoms with Crippen LogP contribution in [0.4, 0.5) is 22.0 Å². The maximum Gasteiger partial charge on any atom is 0.387 e. The van der Waals surface area contributed by atoms with Crippen LogP contribution >= 0.6 is 0 Å². The van der Waals surface area contributed by atoms with Crippen molar-refractivity contribution in [2.24, 2.45) is 0 Å². The fraction of sp³-hybridized carbons (Fsp3) is 0.185. The van der Waals surface area contributed by atoms with E-state index in [2.05, 4.69) is 14.5 Å². The molecule has 2 heterocycles. The number of hydrogen-bond acceptors (Lipinski definition) is 6. The van der Waals surface area contributed by atoms with Gasteiger partial charge in [0.25, 0.3) is 0 Å². The van der Waals surface area contributed by atoms with Crippen molar-refractivity contribution in [3.63, 3.8) is 0 Å². The zero-order valence-electron chi connectivity index (χ0n) is 20.5. The normalized spacial score (nSPS) is 12.5. The SMILES string of the molecule is O=S(=O)(Cc1ccc(F)cc1)c1ccc(C(Cc2cc[n+]([O-])cc2)c2ccc(OC(F)F)c(OC(F)F)c2)cn1. The van der Waals surface area contributed by atoms with Gasteiger partial charge in [-0.05, 0) is 59.0 Å². The Morgan fingerprint density at radius 2 is 1.43 bits per heavy atom. The lowest BCUT2D eigenvalue weighted by atomic mass is 9.87. The third-order valence-electron chi connectivity index (χ3n) is 5.86. The molecule has 0 fully saturated rings. The molecule has 1 unspecified atom stereocenters. The summed E-state index contributed by atoms with van der Waals surface area (Å²) < 4.78 is 99.9. The Bertz CT molecular complexity index is 1540. The fourth-order valence-corrected chi connectivity index (χ4v) is 5.29. The lowest BCUT2D eigenvalue weighted by Gasteiger charge is -2.20. The van der Waals surface area contributed by atoms with Gasteiger partial charge in [-0.3, -0.25) is 0 Å². The first kappa shape index (κ1) is 28.7. The van der Waals surface area contributed by atoms with E-state index in [1.54, 1.807) is 12.1 Å². The van der Waals surface area contributed by atoms with Gasteiger partial charge in [0.2, 0.25) is 0 Å². The van der Waals surface area contributed by atoms with Gasteiger partial charge in [-0.1, -0.05) is 24.3 Å². The van der Waals surface area contributed by atoms with E-state index in [1.165, 1.54) is 48.9 Å². The number of rotatable bonds is 11. The topological polar surface area (TPSA) is 92.4 Å². The van der Waals surface area contributed by atoms with Crippen LogP contribution in [0.3, 0.4) is 0 Å². The number of alkyl halides is 4. The summed E-state index contributed by atoms with van der Waals surface area (Å²) in [4.78, 5) is 4.10. The molecule has 0 amide bonds. The van der Waals surface area contributed by atoms with Crippen molar-refractivity contribution >= 4 is 9.84 Å². The first-order valence-corrected chi connectivity index (χ1v) is 13.3. The Balaban J connectivity index is 1.70. The summed E-state index contributed by atoms with van der Waals surface area (Å²) in [5.41, 5.74) is 1.84. The van der Waals surface area contributed by atoms with Crippen molar-refractivity contribution in [1.29, 1.82) is 0 Å². The average molecular weight is 581 g/mol. The Labute approximate surface area is 226 Å². The monoisotopic (exact) mass is 580 g/mol. The lowest BCUT2D eigenvalue weighted by Crippen LogP contribution is -2.24. The highest BCUT2D eigenvalue weighted by Crippen LogP contribution is 2.37. The molecule has 0 aliphatic rings. The number of aromatic nitrogens is 2. The van der Waals surface area contributed by atoms with Gasteiger partial charge in [-0.25, -0.2) is 17.8 Å². The number of sulfone groups is 1. The second-order valence-electron chi connectivity index (χ2n) is 8.60. The van der Waals surface area contributed by atoms with Crippen molar-refractivity contribution < 1.29 is 44.6 Å². The molecule has 0 saturated carbocycles.